The molecule has 0 fully saturated rings. The lowest BCUT2D eigenvalue weighted by Crippen LogP contribution is -2.01. The number of rotatable bonds is 10. The lowest BCUT2D eigenvalue weighted by molar-refractivity contribution is 0.340. The summed E-state index contributed by atoms with van der Waals surface area (Å²) in [6.45, 7) is 5.05. The Morgan fingerprint density at radius 1 is 0.730 bits per heavy atom. The summed E-state index contributed by atoms with van der Waals surface area (Å²) in [7, 11) is 3.20. The minimum atomic E-state index is 0.433. The van der Waals surface area contributed by atoms with Gasteiger partial charge in [0.05, 0.1) is 44.5 Å². The number of methoxy groups -OCH3 is 2. The normalized spacial score (nSPS) is 10.6. The van der Waals surface area contributed by atoms with Crippen molar-refractivity contribution in [1.82, 2.24) is 4.98 Å². The van der Waals surface area contributed by atoms with E-state index in [1.807, 2.05) is 80.6 Å². The van der Waals surface area contributed by atoms with Gasteiger partial charge in [0, 0.05) is 29.1 Å². The summed E-state index contributed by atoms with van der Waals surface area (Å²) in [5.41, 5.74) is 12.1. The molecule has 0 aliphatic heterocycles. The average molecular weight is 516 g/mol. The van der Waals surface area contributed by atoms with Crippen LogP contribution in [0.15, 0.2) is 71.1 Å². The smallest absolute Gasteiger partial charge is 0.161 e. The van der Waals surface area contributed by atoms with Gasteiger partial charge in [0.15, 0.2) is 11.5 Å². The Kier molecular flexibility index (Phi) is 8.20. The third-order valence-corrected chi connectivity index (χ3v) is 6.03. The highest BCUT2D eigenvalue weighted by molar-refractivity contribution is 7.47. The molecule has 190 valence electrons. The summed E-state index contributed by atoms with van der Waals surface area (Å²) in [6.07, 6.45) is 0. The van der Waals surface area contributed by atoms with Gasteiger partial charge in [-0.25, -0.2) is 4.98 Å². The SMILES string of the molecule is CCOc1ccc(-c2nc(-c3ccc(OC)c(OC)c3)c(-c3ccc(OCC)cc3)c(N)c2N=S)cc1. The molecule has 3 aromatic carbocycles. The number of pyridine rings is 1. The Hall–Kier alpha value is -4.17. The Morgan fingerprint density at radius 2 is 1.27 bits per heavy atom. The summed E-state index contributed by atoms with van der Waals surface area (Å²) in [4.78, 5) is 5.08. The monoisotopic (exact) mass is 515 g/mol. The second kappa shape index (κ2) is 11.7. The maximum absolute atomic E-state index is 6.79. The second-order valence-electron chi connectivity index (χ2n) is 8.02. The molecule has 0 spiro atoms. The van der Waals surface area contributed by atoms with Crippen molar-refractivity contribution < 1.29 is 18.9 Å². The first-order valence-corrected chi connectivity index (χ1v) is 12.3. The first kappa shape index (κ1) is 25.9. The highest BCUT2D eigenvalue weighted by atomic mass is 32.1. The molecule has 2 N–H and O–H groups in total. The van der Waals surface area contributed by atoms with Crippen molar-refractivity contribution >= 4 is 23.8 Å². The maximum Gasteiger partial charge on any atom is 0.161 e. The first-order valence-electron chi connectivity index (χ1n) is 11.9. The summed E-state index contributed by atoms with van der Waals surface area (Å²) < 4.78 is 26.4. The molecule has 4 aromatic rings. The fraction of sp³-hybridized carbons (Fsp3) is 0.207. The quantitative estimate of drug-likeness (QED) is 0.247. The van der Waals surface area contributed by atoms with Crippen molar-refractivity contribution in [3.8, 4) is 56.6 Å². The van der Waals surface area contributed by atoms with Gasteiger partial charge in [-0.15, -0.1) is 0 Å². The maximum atomic E-state index is 6.79. The Labute approximate surface area is 222 Å². The van der Waals surface area contributed by atoms with Crippen LogP contribution in [0.2, 0.25) is 0 Å². The Morgan fingerprint density at radius 3 is 1.78 bits per heavy atom. The number of nitrogens with zero attached hydrogens (tertiary/aromatic N) is 2. The van der Waals surface area contributed by atoms with Gasteiger partial charge in [0.1, 0.15) is 17.2 Å². The van der Waals surface area contributed by atoms with E-state index in [9.17, 15) is 0 Å². The molecule has 0 unspecified atom stereocenters. The van der Waals surface area contributed by atoms with Crippen LogP contribution in [0, 0.1) is 0 Å². The third kappa shape index (κ3) is 5.34. The number of aromatic nitrogens is 1. The van der Waals surface area contributed by atoms with E-state index < -0.39 is 0 Å². The minimum Gasteiger partial charge on any atom is -0.494 e. The number of hydrogen-bond acceptors (Lipinski definition) is 8. The summed E-state index contributed by atoms with van der Waals surface area (Å²) in [6, 6.07) is 21.0. The zero-order valence-electron chi connectivity index (χ0n) is 21.3. The van der Waals surface area contributed by atoms with Gasteiger partial charge in [-0.3, -0.25) is 0 Å². The van der Waals surface area contributed by atoms with Gasteiger partial charge in [0.2, 0.25) is 0 Å². The van der Waals surface area contributed by atoms with Crippen LogP contribution in [-0.2, 0) is 12.4 Å². The number of nitrogens with two attached hydrogens (primary N) is 1. The summed E-state index contributed by atoms with van der Waals surface area (Å²) >= 11 is 5.18. The third-order valence-electron chi connectivity index (χ3n) is 5.85. The van der Waals surface area contributed by atoms with Gasteiger partial charge in [-0.1, -0.05) is 12.1 Å². The number of benzene rings is 3. The predicted octanol–water partition coefficient (Wildman–Crippen LogP) is 6.84. The standard InChI is InChI=1S/C29H29N3O4S/c1-5-35-21-12-7-18(8-13-21)25-26(30)29(32-37)28(19-9-14-22(15-10-19)36-6-2)31-27(25)20-11-16-23(33-3)24(17-20)34-4/h7-17H,5-6H2,1-4H3,(H2,30,31). The zero-order valence-corrected chi connectivity index (χ0v) is 22.1. The van der Waals surface area contributed by atoms with Gasteiger partial charge < -0.3 is 24.7 Å². The van der Waals surface area contributed by atoms with E-state index in [0.717, 1.165) is 28.2 Å². The van der Waals surface area contributed by atoms with Crippen molar-refractivity contribution in [3.63, 3.8) is 0 Å². The van der Waals surface area contributed by atoms with Crippen LogP contribution in [0.3, 0.4) is 0 Å². The van der Waals surface area contributed by atoms with E-state index in [1.165, 1.54) is 0 Å². The highest BCUT2D eigenvalue weighted by Gasteiger charge is 2.22. The fourth-order valence-electron chi connectivity index (χ4n) is 4.13. The minimum absolute atomic E-state index is 0.433. The molecule has 0 aliphatic carbocycles. The molecule has 0 saturated heterocycles. The van der Waals surface area contributed by atoms with Crippen molar-refractivity contribution in [3.05, 3.63) is 66.7 Å². The lowest BCUT2D eigenvalue weighted by Gasteiger charge is -2.18. The average Bonchev–Trinajstić information content (AvgIpc) is 2.93. The van der Waals surface area contributed by atoms with Crippen LogP contribution >= 0.6 is 0 Å². The molecule has 1 heterocycles. The Bertz CT molecular complexity index is 1390. The van der Waals surface area contributed by atoms with Crippen LogP contribution < -0.4 is 24.7 Å². The van der Waals surface area contributed by atoms with E-state index in [2.05, 4.69) is 4.36 Å². The van der Waals surface area contributed by atoms with Crippen molar-refractivity contribution in [1.29, 1.82) is 0 Å². The molecular formula is C29H29N3O4S. The zero-order chi connectivity index (χ0) is 26.4. The van der Waals surface area contributed by atoms with Crippen LogP contribution in [0.5, 0.6) is 23.0 Å². The largest absolute Gasteiger partial charge is 0.494 e. The highest BCUT2D eigenvalue weighted by Crippen LogP contribution is 2.46. The molecule has 0 aliphatic rings. The van der Waals surface area contributed by atoms with Gasteiger partial charge in [-0.05, 0) is 74.0 Å². The van der Waals surface area contributed by atoms with Crippen LogP contribution in [-0.4, -0.2) is 32.4 Å². The number of anilines is 1. The van der Waals surface area contributed by atoms with E-state index in [1.54, 1.807) is 14.2 Å². The molecule has 1 aromatic heterocycles. The number of ether oxygens (including phenoxy) is 4. The van der Waals surface area contributed by atoms with E-state index in [-0.39, 0.29) is 0 Å². The molecule has 0 radical (unpaired) electrons. The van der Waals surface area contributed by atoms with Crippen molar-refractivity contribution in [2.75, 3.05) is 33.2 Å². The van der Waals surface area contributed by atoms with Crippen molar-refractivity contribution in [2.45, 2.75) is 13.8 Å². The van der Waals surface area contributed by atoms with E-state index in [4.69, 9.17) is 42.1 Å². The summed E-state index contributed by atoms with van der Waals surface area (Å²) in [5.74, 6) is 2.73. The molecule has 0 atom stereocenters. The molecule has 0 amide bonds. The lowest BCUT2D eigenvalue weighted by atomic mass is 9.94. The molecule has 37 heavy (non-hydrogen) atoms. The summed E-state index contributed by atoms with van der Waals surface area (Å²) in [5, 5.41) is 0. The van der Waals surface area contributed by atoms with Crippen LogP contribution in [0.4, 0.5) is 11.4 Å². The Balaban J connectivity index is 1.98. The second-order valence-corrected chi connectivity index (χ2v) is 8.20. The molecule has 0 saturated carbocycles. The fourth-order valence-corrected chi connectivity index (χ4v) is 4.32. The van der Waals surface area contributed by atoms with Crippen molar-refractivity contribution in [2.24, 2.45) is 4.36 Å². The van der Waals surface area contributed by atoms with Crippen LogP contribution in [0.25, 0.3) is 33.6 Å². The number of hydrogen-bond donors (Lipinski definition) is 1. The predicted molar refractivity (Wildman–Crippen MR) is 150 cm³/mol. The topological polar surface area (TPSA) is 88.2 Å². The molecule has 4 rings (SSSR count). The number of nitrogen functional groups attached to an aromatic ring is 1. The van der Waals surface area contributed by atoms with Gasteiger partial charge in [-0.2, -0.15) is 4.36 Å². The van der Waals surface area contributed by atoms with E-state index in [0.29, 0.717) is 53.0 Å². The van der Waals surface area contributed by atoms with Gasteiger partial charge in [0.25, 0.3) is 0 Å². The van der Waals surface area contributed by atoms with E-state index >= 15 is 0 Å². The first-order chi connectivity index (χ1) is 18.0. The van der Waals surface area contributed by atoms with Gasteiger partial charge >= 0.3 is 0 Å². The molecular weight excluding hydrogens is 486 g/mol. The molecule has 7 nitrogen and oxygen atoms in total. The molecule has 0 bridgehead atoms. The van der Waals surface area contributed by atoms with Crippen LogP contribution in [0.1, 0.15) is 13.8 Å². The molecule has 8 heteroatoms.